The Labute approximate surface area is 89.3 Å². The van der Waals surface area contributed by atoms with Crippen molar-refractivity contribution in [2.75, 3.05) is 0 Å². The molecule has 1 unspecified atom stereocenters. The number of carbonyl (C=O) groups excluding carboxylic acids is 1. The van der Waals surface area contributed by atoms with Gasteiger partial charge in [-0.1, -0.05) is 46.5 Å². The Morgan fingerprint density at radius 2 is 1.79 bits per heavy atom. The molecule has 1 aliphatic rings. The Kier molecular flexibility index (Phi) is 9.02. The van der Waals surface area contributed by atoms with Gasteiger partial charge in [-0.3, -0.25) is 4.79 Å². The minimum absolute atomic E-state index is 0.462. The predicted molar refractivity (Wildman–Crippen MR) is 62.5 cm³/mol. The van der Waals surface area contributed by atoms with Crippen molar-refractivity contribution in [1.82, 2.24) is 0 Å². The van der Waals surface area contributed by atoms with E-state index < -0.39 is 0 Å². The lowest BCUT2D eigenvalue weighted by Crippen LogP contribution is -2.11. The predicted octanol–water partition coefficient (Wildman–Crippen LogP) is 4.35. The highest BCUT2D eigenvalue weighted by molar-refractivity contribution is 5.79. The van der Waals surface area contributed by atoms with E-state index in [2.05, 4.69) is 20.8 Å². The van der Waals surface area contributed by atoms with Crippen LogP contribution in [0.1, 0.15) is 72.1 Å². The molecule has 0 N–H and O–H groups in total. The second-order valence-corrected chi connectivity index (χ2v) is 4.45. The fourth-order valence-corrected chi connectivity index (χ4v) is 1.74. The zero-order valence-electron chi connectivity index (χ0n) is 10.1. The van der Waals surface area contributed by atoms with E-state index >= 15 is 0 Å². The number of unbranched alkanes of at least 4 members (excludes halogenated alkanes) is 3. The van der Waals surface area contributed by atoms with Gasteiger partial charge in [-0.2, -0.15) is 0 Å². The van der Waals surface area contributed by atoms with Gasteiger partial charge in [-0.15, -0.1) is 0 Å². The maximum absolute atomic E-state index is 10.7. The van der Waals surface area contributed by atoms with Crippen molar-refractivity contribution in [3.63, 3.8) is 0 Å². The normalized spacial score (nSPS) is 21.4. The lowest BCUT2D eigenvalue weighted by molar-refractivity contribution is -0.121. The molecule has 84 valence electrons. The van der Waals surface area contributed by atoms with E-state index in [0.717, 1.165) is 19.3 Å². The molecule has 1 atom stereocenters. The Morgan fingerprint density at radius 3 is 2.07 bits per heavy atom. The third-order valence-corrected chi connectivity index (χ3v) is 2.69. The molecule has 1 fully saturated rings. The average molecular weight is 198 g/mol. The number of rotatable bonds is 3. The quantitative estimate of drug-likeness (QED) is 0.616. The third-order valence-electron chi connectivity index (χ3n) is 2.69. The topological polar surface area (TPSA) is 17.1 Å². The first-order valence-corrected chi connectivity index (χ1v) is 6.22. The molecule has 0 heterocycles. The highest BCUT2D eigenvalue weighted by Gasteiger charge is 2.14. The molecule has 0 amide bonds. The summed E-state index contributed by atoms with van der Waals surface area (Å²) in [6.07, 6.45) is 9.59. The zero-order chi connectivity index (χ0) is 10.8. The first-order chi connectivity index (χ1) is 6.70. The highest BCUT2D eigenvalue weighted by atomic mass is 16.1. The van der Waals surface area contributed by atoms with Crippen molar-refractivity contribution in [3.05, 3.63) is 0 Å². The van der Waals surface area contributed by atoms with Crippen LogP contribution in [0.4, 0.5) is 0 Å². The lowest BCUT2D eigenvalue weighted by atomic mass is 9.90. The van der Waals surface area contributed by atoms with Gasteiger partial charge in [-0.05, 0) is 18.8 Å². The van der Waals surface area contributed by atoms with Crippen LogP contribution in [-0.2, 0) is 4.79 Å². The lowest BCUT2D eigenvalue weighted by Gasteiger charge is -2.14. The molecule has 0 aromatic heterocycles. The van der Waals surface area contributed by atoms with E-state index in [1.54, 1.807) is 0 Å². The molecule has 1 saturated carbocycles. The standard InChI is InChI=1S/C7H12O.C6H14/c1-6-3-2-4-7(8)5-6;1-3-5-6-4-2/h6H,2-5H2,1H3;3-6H2,1-2H3. The van der Waals surface area contributed by atoms with Crippen molar-refractivity contribution >= 4 is 5.78 Å². The Hall–Kier alpha value is -0.330. The molecule has 1 aliphatic carbocycles. The summed E-state index contributed by atoms with van der Waals surface area (Å²) < 4.78 is 0. The van der Waals surface area contributed by atoms with Gasteiger partial charge in [0, 0.05) is 12.8 Å². The number of ketones is 1. The van der Waals surface area contributed by atoms with Crippen LogP contribution in [-0.4, -0.2) is 5.78 Å². The molecule has 0 aliphatic heterocycles. The first kappa shape index (κ1) is 13.7. The molecule has 0 radical (unpaired) electrons. The molecule has 0 saturated heterocycles. The Bertz CT molecular complexity index is 136. The van der Waals surface area contributed by atoms with E-state index in [4.69, 9.17) is 0 Å². The highest BCUT2D eigenvalue weighted by Crippen LogP contribution is 2.19. The summed E-state index contributed by atoms with van der Waals surface area (Å²) in [5.74, 6) is 1.12. The van der Waals surface area contributed by atoms with Gasteiger partial charge < -0.3 is 0 Å². The van der Waals surface area contributed by atoms with Crippen molar-refractivity contribution < 1.29 is 4.79 Å². The summed E-state index contributed by atoms with van der Waals surface area (Å²) in [5.41, 5.74) is 0. The van der Waals surface area contributed by atoms with E-state index in [1.807, 2.05) is 0 Å². The van der Waals surface area contributed by atoms with Crippen LogP contribution < -0.4 is 0 Å². The zero-order valence-corrected chi connectivity index (χ0v) is 10.1. The molecule has 1 nitrogen and oxygen atoms in total. The summed E-state index contributed by atoms with van der Waals surface area (Å²) in [7, 11) is 0. The van der Waals surface area contributed by atoms with Gasteiger partial charge in [0.1, 0.15) is 5.78 Å². The maximum atomic E-state index is 10.7. The second-order valence-electron chi connectivity index (χ2n) is 4.45. The van der Waals surface area contributed by atoms with Gasteiger partial charge in [0.05, 0.1) is 0 Å². The third kappa shape index (κ3) is 8.28. The molecule has 1 rings (SSSR count). The van der Waals surface area contributed by atoms with E-state index in [-0.39, 0.29) is 0 Å². The van der Waals surface area contributed by atoms with Crippen LogP contribution in [0.3, 0.4) is 0 Å². The van der Waals surface area contributed by atoms with Crippen molar-refractivity contribution in [2.24, 2.45) is 5.92 Å². The largest absolute Gasteiger partial charge is 0.300 e. The summed E-state index contributed by atoms with van der Waals surface area (Å²) in [6.45, 7) is 6.61. The fraction of sp³-hybridized carbons (Fsp3) is 0.923. The summed E-state index contributed by atoms with van der Waals surface area (Å²) in [5, 5.41) is 0. The average Bonchev–Trinajstić information content (AvgIpc) is 2.15. The van der Waals surface area contributed by atoms with Gasteiger partial charge in [0.2, 0.25) is 0 Å². The van der Waals surface area contributed by atoms with Crippen LogP contribution in [0.5, 0.6) is 0 Å². The molecule has 0 spiro atoms. The molecular weight excluding hydrogens is 172 g/mol. The van der Waals surface area contributed by atoms with Gasteiger partial charge in [-0.25, -0.2) is 0 Å². The van der Waals surface area contributed by atoms with Crippen molar-refractivity contribution in [3.8, 4) is 0 Å². The van der Waals surface area contributed by atoms with Crippen molar-refractivity contribution in [2.45, 2.75) is 72.1 Å². The fourth-order valence-electron chi connectivity index (χ4n) is 1.74. The molecule has 0 aromatic carbocycles. The monoisotopic (exact) mass is 198 g/mol. The van der Waals surface area contributed by atoms with Gasteiger partial charge in [0.15, 0.2) is 0 Å². The molecule has 1 heteroatoms. The van der Waals surface area contributed by atoms with Gasteiger partial charge >= 0.3 is 0 Å². The van der Waals surface area contributed by atoms with Crippen LogP contribution in [0, 0.1) is 5.92 Å². The van der Waals surface area contributed by atoms with E-state index in [9.17, 15) is 4.79 Å². The minimum Gasteiger partial charge on any atom is -0.300 e. The number of Topliss-reactive ketones (excluding diaryl/α,β-unsaturated/α-hetero) is 1. The molecule has 0 bridgehead atoms. The van der Waals surface area contributed by atoms with Crippen LogP contribution in [0.15, 0.2) is 0 Å². The SMILES string of the molecule is CC1CCCC(=O)C1.CCCCCC. The van der Waals surface area contributed by atoms with Crippen LogP contribution in [0.2, 0.25) is 0 Å². The van der Waals surface area contributed by atoms with Crippen molar-refractivity contribution in [1.29, 1.82) is 0 Å². The second kappa shape index (κ2) is 9.23. The van der Waals surface area contributed by atoms with E-state index in [0.29, 0.717) is 11.7 Å². The number of carbonyl (C=O) groups is 1. The molecular formula is C13H26O. The smallest absolute Gasteiger partial charge is 0.133 e. The summed E-state index contributed by atoms with van der Waals surface area (Å²) in [6, 6.07) is 0. The number of hydrogen-bond donors (Lipinski definition) is 0. The first-order valence-electron chi connectivity index (χ1n) is 6.22. The summed E-state index contributed by atoms with van der Waals surface area (Å²) >= 11 is 0. The minimum atomic E-state index is 0.462. The Balaban J connectivity index is 0.000000255. The molecule has 0 aromatic rings. The van der Waals surface area contributed by atoms with Crippen LogP contribution >= 0.6 is 0 Å². The molecule has 14 heavy (non-hydrogen) atoms. The van der Waals surface area contributed by atoms with Gasteiger partial charge in [0.25, 0.3) is 0 Å². The number of hydrogen-bond acceptors (Lipinski definition) is 1. The van der Waals surface area contributed by atoms with E-state index in [1.165, 1.54) is 32.1 Å². The maximum Gasteiger partial charge on any atom is 0.133 e. The summed E-state index contributed by atoms with van der Waals surface area (Å²) in [4.78, 5) is 10.7. The van der Waals surface area contributed by atoms with Crippen LogP contribution in [0.25, 0.3) is 0 Å². The Morgan fingerprint density at radius 1 is 1.21 bits per heavy atom.